The minimum atomic E-state index is -1.33. The van der Waals surface area contributed by atoms with Crippen molar-refractivity contribution in [3.05, 3.63) is 187 Å². The van der Waals surface area contributed by atoms with Gasteiger partial charge in [0.25, 0.3) is 0 Å². The zero-order valence-corrected chi connectivity index (χ0v) is 21.4. The monoisotopic (exact) mass is 580 g/mol. The molecule has 7 aromatic carbocycles. The fraction of sp³-hybridized carbons (Fsp3) is 0. The van der Waals surface area contributed by atoms with Crippen molar-refractivity contribution in [2.75, 3.05) is 4.90 Å². The number of para-hydroxylation sites is 1. The molecule has 0 radical (unpaired) electrons. The van der Waals surface area contributed by atoms with Crippen LogP contribution in [0.5, 0.6) is 0 Å². The van der Waals surface area contributed by atoms with Gasteiger partial charge in [-0.05, 0) is 86.8 Å². The molecule has 0 amide bonds. The Balaban J connectivity index is 1.68. The molecule has 0 aromatic heterocycles. The molecule has 0 aliphatic carbocycles. The summed E-state index contributed by atoms with van der Waals surface area (Å²) in [7, 11) is 0. The molecule has 0 saturated carbocycles. The summed E-state index contributed by atoms with van der Waals surface area (Å²) in [6.07, 6.45) is 0. The highest BCUT2D eigenvalue weighted by molar-refractivity contribution is 5.87. The first kappa shape index (κ1) is 8.92. The van der Waals surface area contributed by atoms with E-state index in [0.29, 0.717) is 0 Å². The molecule has 204 valence electrons. The van der Waals surface area contributed by atoms with E-state index in [2.05, 4.69) is 0 Å². The van der Waals surface area contributed by atoms with E-state index in [4.69, 9.17) is 30.2 Å². The van der Waals surface area contributed by atoms with Crippen LogP contribution in [0, 0.1) is 0 Å². The summed E-state index contributed by atoms with van der Waals surface area (Å²) in [5.74, 6) is 0. The van der Waals surface area contributed by atoms with E-state index in [1.54, 1.807) is 0 Å². The minimum Gasteiger partial charge on any atom is -0.311 e. The molecule has 0 fully saturated rings. The molecule has 0 unspecified atom stereocenters. The largest absolute Gasteiger partial charge is 0.311 e. The molecule has 7 rings (SSSR count). The van der Waals surface area contributed by atoms with E-state index in [1.807, 2.05) is 0 Å². The summed E-state index contributed by atoms with van der Waals surface area (Å²) in [5, 5.41) is 0. The van der Waals surface area contributed by atoms with Crippen LogP contribution in [-0.2, 0) is 0 Å². The van der Waals surface area contributed by atoms with Crippen LogP contribution in [0.3, 0.4) is 0 Å². The second kappa shape index (κ2) is 12.1. The summed E-state index contributed by atoms with van der Waals surface area (Å²) in [4.78, 5) is 0.288. The molecule has 7 aromatic rings. The maximum Gasteiger partial charge on any atom is 0.0645 e. The number of hydrogen-bond donors (Lipinski definition) is 0. The lowest BCUT2D eigenvalue weighted by molar-refractivity contribution is 1.28. The Morgan fingerprint density at radius 2 is 0.628 bits per heavy atom. The van der Waals surface area contributed by atoms with Crippen molar-refractivity contribution < 1.29 is 42.5 Å². The average molecular weight is 581 g/mol. The molecule has 0 bridgehead atoms. The Kier molecular flexibility index (Phi) is 2.50. The summed E-state index contributed by atoms with van der Waals surface area (Å²) in [5.41, 5.74) is -10.9. The smallest absolute Gasteiger partial charge is 0.0645 e. The van der Waals surface area contributed by atoms with E-state index in [0.717, 1.165) is 0 Å². The van der Waals surface area contributed by atoms with E-state index in [1.165, 1.54) is 0 Å². The molecule has 0 spiro atoms. The fourth-order valence-electron chi connectivity index (χ4n) is 3.81. The number of rotatable bonds is 7. The molecule has 0 saturated heterocycles. The second-order valence-electron chi connectivity index (χ2n) is 8.26. The van der Waals surface area contributed by atoms with Gasteiger partial charge in [-0.15, -0.1) is 0 Å². The Morgan fingerprint density at radius 1 is 0.279 bits per heavy atom. The Labute approximate surface area is 297 Å². The lowest BCUT2D eigenvalue weighted by atomic mass is 9.91. The average Bonchev–Trinajstić information content (AvgIpc) is 3.36. The lowest BCUT2D eigenvalue weighted by Crippen LogP contribution is -2.09. The SMILES string of the molecule is [2H]c1c([2H])c([2H])c(-c2c([2H])c([2H])c(N(c3c([2H])c([2H])c([2H])c([2H])c3[2H])c3c([2H])c([2H])c(-c4c([2H])c([2H])c(-c5c([2H])c([2H])c([2H])c([2H])c5[2H])c(-c5c([2H])c([2H])c([2H])c([2H])c5[2H])c4[2H])c([2H])c3[2H])c([2H])c2[2H])c([2H])c1[2H]. The third-order valence-electron chi connectivity index (χ3n) is 5.69. The molecule has 0 heterocycles. The molecular weight excluding hydrogens is 518 g/mol. The zero-order chi connectivity index (χ0) is 55.8. The van der Waals surface area contributed by atoms with Crippen molar-refractivity contribution in [1.82, 2.24) is 0 Å². The van der Waals surface area contributed by atoms with Crippen LogP contribution in [0.15, 0.2) is 187 Å². The Hall–Kier alpha value is -5.66. The Bertz CT molecular complexity index is 3520. The van der Waals surface area contributed by atoms with Gasteiger partial charge in [0, 0.05) is 17.1 Å². The molecule has 0 N–H and O–H groups in total. The number of anilines is 3. The summed E-state index contributed by atoms with van der Waals surface area (Å²) >= 11 is 0. The molecule has 1 heteroatoms. The molecule has 0 aliphatic heterocycles. The number of hydrogen-bond acceptors (Lipinski definition) is 1. The highest BCUT2D eigenvalue weighted by atomic mass is 15.1. The first-order chi connectivity index (χ1) is 34.2. The third-order valence-corrected chi connectivity index (χ3v) is 5.69. The predicted molar refractivity (Wildman–Crippen MR) is 183 cm³/mol. The van der Waals surface area contributed by atoms with Gasteiger partial charge < -0.3 is 4.90 Å². The van der Waals surface area contributed by atoms with Crippen molar-refractivity contribution in [2.24, 2.45) is 0 Å². The van der Waals surface area contributed by atoms with Crippen molar-refractivity contribution >= 4 is 17.1 Å². The van der Waals surface area contributed by atoms with E-state index < -0.39 is 249 Å². The standard InChI is InChI=1S/C42H31N/c1-5-13-32(14-6-1)33-21-26-39(27-22-33)43(38-19-11-4-12-20-38)40-28-23-34(24-29-40)37-25-30-41(35-15-7-2-8-16-35)42(31-37)36-17-9-3-10-18-36/h1-31H/i1D,2D,3D,4D,5D,6D,7D,8D,9D,10D,11D,12D,13D,14D,15D,16D,17D,18D,19D,20D,21D,22D,23D,24D,25D,26D,27D,28D,29D,30D,31D. The predicted octanol–water partition coefficient (Wildman–Crippen LogP) is 11.8. The van der Waals surface area contributed by atoms with Crippen LogP contribution in [0.4, 0.5) is 17.1 Å². The zero-order valence-electron chi connectivity index (χ0n) is 52.4. The molecule has 1 nitrogen and oxygen atoms in total. The van der Waals surface area contributed by atoms with E-state index in [-0.39, 0.29) is 4.90 Å². The van der Waals surface area contributed by atoms with Crippen LogP contribution in [0.1, 0.15) is 42.5 Å². The molecule has 0 aliphatic rings. The summed E-state index contributed by atoms with van der Waals surface area (Å²) < 4.78 is 272. The maximum atomic E-state index is 9.60. The van der Waals surface area contributed by atoms with Gasteiger partial charge in [-0.2, -0.15) is 0 Å². The van der Waals surface area contributed by atoms with Gasteiger partial charge in [-0.3, -0.25) is 0 Å². The second-order valence-corrected chi connectivity index (χ2v) is 8.26. The highest BCUT2D eigenvalue weighted by Gasteiger charge is 2.14. The van der Waals surface area contributed by atoms with Crippen LogP contribution in [0.2, 0.25) is 0 Å². The van der Waals surface area contributed by atoms with Gasteiger partial charge in [-0.25, -0.2) is 0 Å². The van der Waals surface area contributed by atoms with Gasteiger partial charge in [0.2, 0.25) is 0 Å². The first-order valence-corrected chi connectivity index (χ1v) is 12.2. The maximum absolute atomic E-state index is 9.60. The fourth-order valence-corrected chi connectivity index (χ4v) is 3.81. The molecule has 0 atom stereocenters. The van der Waals surface area contributed by atoms with Crippen molar-refractivity contribution in [3.8, 4) is 44.5 Å². The van der Waals surface area contributed by atoms with Crippen LogP contribution in [0.25, 0.3) is 44.5 Å². The van der Waals surface area contributed by atoms with Crippen molar-refractivity contribution in [3.63, 3.8) is 0 Å². The van der Waals surface area contributed by atoms with Gasteiger partial charge in [0.1, 0.15) is 0 Å². The van der Waals surface area contributed by atoms with E-state index >= 15 is 0 Å². The van der Waals surface area contributed by atoms with Gasteiger partial charge in [-0.1, -0.05) is 145 Å². The number of nitrogens with zero attached hydrogens (tertiary/aromatic N) is 1. The third kappa shape index (κ3) is 5.62. The van der Waals surface area contributed by atoms with Crippen LogP contribution < -0.4 is 4.90 Å². The first-order valence-electron chi connectivity index (χ1n) is 27.7. The summed E-state index contributed by atoms with van der Waals surface area (Å²) in [6, 6.07) is -33.9. The lowest BCUT2D eigenvalue weighted by Gasteiger charge is -2.26. The molecule has 43 heavy (non-hydrogen) atoms. The Morgan fingerprint density at radius 3 is 1.14 bits per heavy atom. The minimum absolute atomic E-state index is 0.288. The highest BCUT2D eigenvalue weighted by Crippen LogP contribution is 2.39. The summed E-state index contributed by atoms with van der Waals surface area (Å²) in [6.45, 7) is 0. The topological polar surface area (TPSA) is 3.24 Å². The normalized spacial score (nSPS) is 20.9. The van der Waals surface area contributed by atoms with E-state index in [9.17, 15) is 12.3 Å². The van der Waals surface area contributed by atoms with Crippen molar-refractivity contribution in [1.29, 1.82) is 0 Å². The van der Waals surface area contributed by atoms with Crippen LogP contribution >= 0.6 is 0 Å². The number of benzene rings is 7. The van der Waals surface area contributed by atoms with Crippen LogP contribution in [-0.4, -0.2) is 0 Å². The van der Waals surface area contributed by atoms with Gasteiger partial charge in [0.15, 0.2) is 0 Å². The molecular formula is C42H31N. The van der Waals surface area contributed by atoms with Gasteiger partial charge in [0.05, 0.1) is 42.5 Å². The van der Waals surface area contributed by atoms with Gasteiger partial charge >= 0.3 is 0 Å². The van der Waals surface area contributed by atoms with Crippen molar-refractivity contribution in [2.45, 2.75) is 0 Å². The quantitative estimate of drug-likeness (QED) is 0.181.